The molecule has 5 rings (SSSR count). The van der Waals surface area contributed by atoms with E-state index < -0.39 is 11.8 Å². The van der Waals surface area contributed by atoms with Crippen LogP contribution in [0.25, 0.3) is 0 Å². The fraction of sp³-hybridized carbons (Fsp3) is 0.167. The molecule has 5 nitrogen and oxygen atoms in total. The average Bonchev–Trinajstić information content (AvgIpc) is 3.56. The van der Waals surface area contributed by atoms with Gasteiger partial charge in [0.05, 0.1) is 19.1 Å². The molecule has 0 radical (unpaired) electrons. The molecule has 0 fully saturated rings. The zero-order valence-electron chi connectivity index (χ0n) is 23.0. The first-order valence-electron chi connectivity index (χ1n) is 13.8. The number of hydrogen-bond donors (Lipinski definition) is 1. The summed E-state index contributed by atoms with van der Waals surface area (Å²) in [4.78, 5) is 27.5. The molecule has 0 heterocycles. The van der Waals surface area contributed by atoms with Gasteiger partial charge in [-0.2, -0.15) is 0 Å². The van der Waals surface area contributed by atoms with Crippen molar-refractivity contribution in [3.63, 3.8) is 0 Å². The van der Waals surface area contributed by atoms with Crippen molar-refractivity contribution < 1.29 is 19.1 Å². The van der Waals surface area contributed by atoms with Crippen molar-refractivity contribution in [2.75, 3.05) is 11.9 Å². The first-order valence-corrected chi connectivity index (χ1v) is 13.8. The van der Waals surface area contributed by atoms with Crippen molar-refractivity contribution in [2.45, 2.75) is 19.4 Å². The van der Waals surface area contributed by atoms with E-state index in [4.69, 9.17) is 9.47 Å². The predicted octanol–water partition coefficient (Wildman–Crippen LogP) is 7.98. The lowest BCUT2D eigenvalue weighted by atomic mass is 9.83. The third-order valence-corrected chi connectivity index (χ3v) is 7.20. The maximum Gasteiger partial charge on any atom is 0.230 e. The molecule has 0 spiro atoms. The predicted molar refractivity (Wildman–Crippen MR) is 162 cm³/mol. The van der Waals surface area contributed by atoms with Gasteiger partial charge in [-0.25, -0.2) is 0 Å². The van der Waals surface area contributed by atoms with Gasteiger partial charge in [0.25, 0.3) is 0 Å². The van der Waals surface area contributed by atoms with E-state index in [9.17, 15) is 9.59 Å². The van der Waals surface area contributed by atoms with Gasteiger partial charge in [0.15, 0.2) is 5.78 Å². The van der Waals surface area contributed by atoms with Gasteiger partial charge < -0.3 is 14.8 Å². The number of allylic oxidation sites excluding steroid dienone is 4. The van der Waals surface area contributed by atoms with Crippen LogP contribution in [-0.2, 0) is 16.1 Å². The van der Waals surface area contributed by atoms with E-state index in [1.165, 1.54) is 0 Å². The summed E-state index contributed by atoms with van der Waals surface area (Å²) in [5.41, 5.74) is 3.19. The van der Waals surface area contributed by atoms with Crippen LogP contribution >= 0.6 is 0 Å². The quantitative estimate of drug-likeness (QED) is 0.184. The van der Waals surface area contributed by atoms with Gasteiger partial charge in [-0.15, -0.1) is 0 Å². The Hall–Kier alpha value is -4.74. The van der Waals surface area contributed by atoms with E-state index in [1.807, 2.05) is 104 Å². The molecule has 1 N–H and O–H groups in total. The first-order chi connectivity index (χ1) is 20.1. The van der Waals surface area contributed by atoms with Crippen LogP contribution in [0.5, 0.6) is 11.5 Å². The molecule has 0 saturated heterocycles. The van der Waals surface area contributed by atoms with Gasteiger partial charge in [-0.1, -0.05) is 104 Å². The summed E-state index contributed by atoms with van der Waals surface area (Å²) < 4.78 is 11.9. The zero-order chi connectivity index (χ0) is 28.4. The summed E-state index contributed by atoms with van der Waals surface area (Å²) >= 11 is 0. The lowest BCUT2D eigenvalue weighted by molar-refractivity contribution is -0.123. The Morgan fingerprint density at radius 1 is 0.756 bits per heavy atom. The highest BCUT2D eigenvalue weighted by Gasteiger charge is 2.33. The highest BCUT2D eigenvalue weighted by Crippen LogP contribution is 2.30. The van der Waals surface area contributed by atoms with E-state index in [1.54, 1.807) is 24.3 Å². The van der Waals surface area contributed by atoms with Gasteiger partial charge in [0.1, 0.15) is 11.5 Å². The first kappa shape index (κ1) is 27.8. The molecular formula is C36H33NO4. The normalized spacial score (nSPS) is 14.0. The standard InChI is InChI=1S/C36H33NO4/c1-26(35(38)33-19-11-10-18-32(33)28-14-8-9-15-28)34(25-40-24-27-12-4-2-5-13-27)36(39)37-29-20-22-31(23-21-29)41-30-16-6-3-7-17-30/h2-23,26,28,34H,24-25H2,1H3,(H,37,39). The van der Waals surface area contributed by atoms with Gasteiger partial charge in [-0.05, 0) is 47.5 Å². The molecule has 0 aromatic heterocycles. The minimum atomic E-state index is -0.700. The smallest absolute Gasteiger partial charge is 0.230 e. The average molecular weight is 544 g/mol. The van der Waals surface area contributed by atoms with Crippen molar-refractivity contribution in [2.24, 2.45) is 11.8 Å². The second-order valence-corrected chi connectivity index (χ2v) is 10.1. The lowest BCUT2D eigenvalue weighted by Gasteiger charge is -2.24. The number of nitrogens with one attached hydrogen (secondary N) is 1. The zero-order valence-corrected chi connectivity index (χ0v) is 23.0. The summed E-state index contributed by atoms with van der Waals surface area (Å²) in [6.07, 6.45) is 8.10. The number of Topliss-reactive ketones (excluding diaryl/α,β-unsaturated/α-hetero) is 1. The highest BCUT2D eigenvalue weighted by atomic mass is 16.5. The van der Waals surface area contributed by atoms with Crippen molar-refractivity contribution in [3.8, 4) is 11.5 Å². The number of ether oxygens (including phenoxy) is 2. The molecule has 0 bridgehead atoms. The third-order valence-electron chi connectivity index (χ3n) is 7.20. The molecule has 206 valence electrons. The number of carbonyl (C=O) groups is 2. The number of anilines is 1. The molecule has 41 heavy (non-hydrogen) atoms. The minimum absolute atomic E-state index is 0.0422. The van der Waals surface area contributed by atoms with Crippen LogP contribution in [0.4, 0.5) is 5.69 Å². The van der Waals surface area contributed by atoms with Gasteiger partial charge in [0.2, 0.25) is 5.91 Å². The molecule has 1 aliphatic rings. The molecule has 4 aromatic rings. The number of benzene rings is 4. The van der Waals surface area contributed by atoms with Crippen LogP contribution in [0.3, 0.4) is 0 Å². The summed E-state index contributed by atoms with van der Waals surface area (Å²) in [6, 6.07) is 34.1. The molecule has 1 amide bonds. The Labute approximate surface area is 241 Å². The maximum atomic E-state index is 13.9. The Morgan fingerprint density at radius 3 is 2.07 bits per heavy atom. The monoisotopic (exact) mass is 543 g/mol. The molecule has 0 saturated carbocycles. The van der Waals surface area contributed by atoms with Gasteiger partial charge >= 0.3 is 0 Å². The van der Waals surface area contributed by atoms with Crippen LogP contribution < -0.4 is 10.1 Å². The molecule has 2 atom stereocenters. The second-order valence-electron chi connectivity index (χ2n) is 10.1. The molecule has 1 aliphatic carbocycles. The summed E-state index contributed by atoms with van der Waals surface area (Å²) in [5, 5.41) is 2.99. The van der Waals surface area contributed by atoms with Crippen LogP contribution in [0.1, 0.15) is 34.3 Å². The van der Waals surface area contributed by atoms with E-state index in [-0.39, 0.29) is 24.2 Å². The highest BCUT2D eigenvalue weighted by molar-refractivity contribution is 6.03. The number of amides is 1. The van der Waals surface area contributed by atoms with Crippen molar-refractivity contribution in [1.29, 1.82) is 0 Å². The molecular weight excluding hydrogens is 510 g/mol. The van der Waals surface area contributed by atoms with E-state index >= 15 is 0 Å². The minimum Gasteiger partial charge on any atom is -0.457 e. The molecule has 2 unspecified atom stereocenters. The Kier molecular flexibility index (Phi) is 9.19. The maximum absolute atomic E-state index is 13.9. The Bertz CT molecular complexity index is 1500. The van der Waals surface area contributed by atoms with Crippen molar-refractivity contribution in [1.82, 2.24) is 0 Å². The Morgan fingerprint density at radius 2 is 1.37 bits per heavy atom. The number of ketones is 1. The van der Waals surface area contributed by atoms with Crippen molar-refractivity contribution in [3.05, 3.63) is 150 Å². The van der Waals surface area contributed by atoms with Crippen LogP contribution in [0, 0.1) is 11.8 Å². The fourth-order valence-corrected chi connectivity index (χ4v) is 4.87. The third kappa shape index (κ3) is 7.27. The fourth-order valence-electron chi connectivity index (χ4n) is 4.87. The molecule has 4 aromatic carbocycles. The second kappa shape index (κ2) is 13.6. The number of hydrogen-bond acceptors (Lipinski definition) is 4. The summed E-state index contributed by atoms with van der Waals surface area (Å²) in [7, 11) is 0. The number of carbonyl (C=O) groups excluding carboxylic acids is 2. The Balaban J connectivity index is 1.32. The van der Waals surface area contributed by atoms with E-state index in [2.05, 4.69) is 17.5 Å². The molecule has 5 heteroatoms. The van der Waals surface area contributed by atoms with Crippen LogP contribution in [-0.4, -0.2) is 18.3 Å². The van der Waals surface area contributed by atoms with Crippen LogP contribution in [0.2, 0.25) is 0 Å². The van der Waals surface area contributed by atoms with Crippen LogP contribution in [0.15, 0.2) is 133 Å². The topological polar surface area (TPSA) is 64.6 Å². The van der Waals surface area contributed by atoms with Gasteiger partial charge in [-0.3, -0.25) is 9.59 Å². The van der Waals surface area contributed by atoms with E-state index in [0.717, 1.165) is 16.9 Å². The van der Waals surface area contributed by atoms with E-state index in [0.29, 0.717) is 23.6 Å². The SMILES string of the molecule is CC(C(=O)c1ccccc1C1C=CC=C1)C(COCc1ccccc1)C(=O)Nc1ccc(Oc2ccccc2)cc1. The summed E-state index contributed by atoms with van der Waals surface area (Å²) in [6.45, 7) is 2.27. The van der Waals surface area contributed by atoms with Crippen molar-refractivity contribution >= 4 is 17.4 Å². The molecule has 0 aliphatic heterocycles. The number of rotatable bonds is 12. The largest absolute Gasteiger partial charge is 0.457 e. The summed E-state index contributed by atoms with van der Waals surface area (Å²) in [5.74, 6) is -0.224. The number of para-hydroxylation sites is 1. The lowest BCUT2D eigenvalue weighted by Crippen LogP contribution is -2.36. The van der Waals surface area contributed by atoms with Gasteiger partial charge in [0, 0.05) is 23.1 Å².